The third-order valence-electron chi connectivity index (χ3n) is 6.40. The van der Waals surface area contributed by atoms with Gasteiger partial charge in [-0.15, -0.1) is 4.36 Å². The number of urea groups is 1. The number of hydrogen-bond acceptors (Lipinski definition) is 5. The average Bonchev–Trinajstić information content (AvgIpc) is 3.45. The fourth-order valence-corrected chi connectivity index (χ4v) is 5.70. The highest BCUT2D eigenvalue weighted by molar-refractivity contribution is 7.91. The number of aryl methyl sites for hydroxylation is 1. The lowest BCUT2D eigenvalue weighted by atomic mass is 9.98. The van der Waals surface area contributed by atoms with E-state index < -0.39 is 15.9 Å². The molecule has 10 heteroatoms. The number of Topliss-reactive ketones (excluding diaryl/α,β-unsaturated/α-hetero) is 1. The largest absolute Gasteiger partial charge is 0.477 e. The van der Waals surface area contributed by atoms with Crippen molar-refractivity contribution < 1.29 is 18.5 Å². The molecule has 31 heavy (non-hydrogen) atoms. The van der Waals surface area contributed by atoms with Crippen molar-refractivity contribution in [2.24, 2.45) is 15.4 Å². The first-order valence-electron chi connectivity index (χ1n) is 10.6. The van der Waals surface area contributed by atoms with Crippen LogP contribution in [0.3, 0.4) is 0 Å². The maximum absolute atomic E-state index is 13.2. The minimum absolute atomic E-state index is 0.0915. The summed E-state index contributed by atoms with van der Waals surface area (Å²) in [5, 5.41) is 13.0. The topological polar surface area (TPSA) is 129 Å². The van der Waals surface area contributed by atoms with Crippen LogP contribution in [0.15, 0.2) is 21.5 Å². The molecule has 1 aromatic heterocycles. The molecule has 2 amide bonds. The molecular weight excluding hydrogens is 418 g/mol. The van der Waals surface area contributed by atoms with Crippen LogP contribution < -0.4 is 15.2 Å². The predicted octanol–water partition coefficient (Wildman–Crippen LogP) is 2.85. The molecule has 2 heterocycles. The van der Waals surface area contributed by atoms with Crippen LogP contribution in [-0.4, -0.2) is 32.4 Å². The Labute approximate surface area is 180 Å². The smallest absolute Gasteiger partial charge is 0.354 e. The average molecular weight is 444 g/mol. The second-order valence-corrected chi connectivity index (χ2v) is 10.1. The molecule has 0 saturated carbocycles. The minimum Gasteiger partial charge on any atom is -0.477 e. The Morgan fingerprint density at radius 3 is 3.00 bits per heavy atom. The summed E-state index contributed by atoms with van der Waals surface area (Å²) >= 11 is 0. The zero-order valence-corrected chi connectivity index (χ0v) is 18.2. The quantitative estimate of drug-likeness (QED) is 0.754. The van der Waals surface area contributed by atoms with Crippen molar-refractivity contribution >= 4 is 27.4 Å². The molecule has 1 aliphatic heterocycles. The maximum atomic E-state index is 13.2. The monoisotopic (exact) mass is 443 g/mol. The molecular formula is C21H25N5O4S. The lowest BCUT2D eigenvalue weighted by Crippen LogP contribution is -2.26. The number of ether oxygens (including phenoxy) is 1. The number of anilines is 1. The van der Waals surface area contributed by atoms with Crippen LogP contribution in [0.1, 0.15) is 53.2 Å². The Bertz CT molecular complexity index is 1220. The molecule has 5 rings (SSSR count). The first kappa shape index (κ1) is 20.2. The molecule has 0 radical (unpaired) electrons. The number of carbonyl (C=O) groups excluding carboxylic acids is 2. The van der Waals surface area contributed by atoms with E-state index >= 15 is 0 Å². The number of rotatable bonds is 3. The summed E-state index contributed by atoms with van der Waals surface area (Å²) in [5.41, 5.74) is 4.28. The van der Waals surface area contributed by atoms with Crippen molar-refractivity contribution in [2.45, 2.75) is 56.9 Å². The van der Waals surface area contributed by atoms with E-state index in [-0.39, 0.29) is 10.7 Å². The van der Waals surface area contributed by atoms with Crippen molar-refractivity contribution in [1.82, 2.24) is 9.78 Å². The van der Waals surface area contributed by atoms with E-state index in [0.717, 1.165) is 42.4 Å². The highest BCUT2D eigenvalue weighted by atomic mass is 32.2. The van der Waals surface area contributed by atoms with E-state index in [1.807, 2.05) is 6.07 Å². The number of nitrogens with zero attached hydrogens (tertiary/aromatic N) is 3. The molecule has 3 N–H and O–H groups in total. The number of hydrogen-bond donors (Lipinski definition) is 2. The Balaban J connectivity index is 1.47. The Kier molecular flexibility index (Phi) is 4.86. The summed E-state index contributed by atoms with van der Waals surface area (Å²) in [6.07, 6.45) is 5.99. The van der Waals surface area contributed by atoms with Crippen LogP contribution in [0.2, 0.25) is 0 Å². The molecule has 2 aliphatic carbocycles. The van der Waals surface area contributed by atoms with E-state index in [1.165, 1.54) is 6.20 Å². The highest BCUT2D eigenvalue weighted by Gasteiger charge is 2.30. The van der Waals surface area contributed by atoms with Gasteiger partial charge in [-0.05, 0) is 54.9 Å². The number of nitrogens with one attached hydrogen (secondary N) is 1. The van der Waals surface area contributed by atoms with Crippen LogP contribution in [0.5, 0.6) is 5.88 Å². The molecule has 0 fully saturated rings. The summed E-state index contributed by atoms with van der Waals surface area (Å²) in [6.45, 7) is 3.19. The van der Waals surface area contributed by atoms with E-state index in [9.17, 15) is 13.8 Å². The molecule has 0 saturated heterocycles. The van der Waals surface area contributed by atoms with Gasteiger partial charge in [-0.25, -0.2) is 18.8 Å². The van der Waals surface area contributed by atoms with Gasteiger partial charge in [0.1, 0.15) is 4.90 Å². The van der Waals surface area contributed by atoms with Crippen molar-refractivity contribution in [3.05, 3.63) is 34.5 Å². The lowest BCUT2D eigenvalue weighted by Gasteiger charge is -2.23. The summed E-state index contributed by atoms with van der Waals surface area (Å²) in [6, 6.07) is 1.17. The molecule has 0 spiro atoms. The molecule has 3 aliphatic rings. The number of fused-ring (bicyclic) bond motifs is 3. The molecule has 2 unspecified atom stereocenters. The van der Waals surface area contributed by atoms with Crippen LogP contribution in [0.4, 0.5) is 10.5 Å². The number of nitrogens with two attached hydrogens (primary N) is 1. The molecule has 1 aromatic carbocycles. The Hall–Kier alpha value is -2.72. The Morgan fingerprint density at radius 2 is 2.19 bits per heavy atom. The summed E-state index contributed by atoms with van der Waals surface area (Å²) in [4.78, 5) is 25.1. The Morgan fingerprint density at radius 1 is 1.35 bits per heavy atom. The molecule has 2 aromatic rings. The van der Waals surface area contributed by atoms with Gasteiger partial charge in [0.2, 0.25) is 5.88 Å². The van der Waals surface area contributed by atoms with Gasteiger partial charge in [-0.1, -0.05) is 6.92 Å². The van der Waals surface area contributed by atoms with Crippen molar-refractivity contribution in [2.75, 3.05) is 11.9 Å². The van der Waals surface area contributed by atoms with E-state index in [0.29, 0.717) is 49.0 Å². The zero-order valence-electron chi connectivity index (χ0n) is 17.3. The molecule has 164 valence electrons. The molecule has 2 atom stereocenters. The van der Waals surface area contributed by atoms with Crippen molar-refractivity contribution in [1.29, 1.82) is 0 Å². The number of ketones is 1. The normalized spacial score (nSPS) is 21.0. The second-order valence-electron chi connectivity index (χ2n) is 8.36. The van der Waals surface area contributed by atoms with Gasteiger partial charge in [0, 0.05) is 23.6 Å². The highest BCUT2D eigenvalue weighted by Crippen LogP contribution is 2.39. The fourth-order valence-electron chi connectivity index (χ4n) is 4.70. The fraction of sp³-hybridized carbons (Fsp3) is 0.476. The van der Waals surface area contributed by atoms with Gasteiger partial charge in [-0.2, -0.15) is 5.10 Å². The van der Waals surface area contributed by atoms with Crippen molar-refractivity contribution in [3.8, 4) is 5.88 Å². The third-order valence-corrected chi connectivity index (χ3v) is 7.75. The number of amides is 2. The van der Waals surface area contributed by atoms with E-state index in [1.54, 1.807) is 4.68 Å². The van der Waals surface area contributed by atoms with Gasteiger partial charge in [0.05, 0.1) is 19.3 Å². The molecule has 0 bridgehead atoms. The van der Waals surface area contributed by atoms with Gasteiger partial charge >= 0.3 is 6.03 Å². The molecule has 9 nitrogen and oxygen atoms in total. The second kappa shape index (κ2) is 7.45. The standard InChI is InChI=1S/C21H25N5O4S/c1-2-12-10-26-20(30-11-12)18(9-23-26)31(22,29)25-21(28)24-19-14-5-3-4-13(14)8-16-15(19)6-7-17(16)27/h8-9,12H,2-7,10-11H2,1H3,(H3,22,24,25,28,29). The van der Waals surface area contributed by atoms with E-state index in [4.69, 9.17) is 9.88 Å². The van der Waals surface area contributed by atoms with Gasteiger partial charge in [-0.3, -0.25) is 4.79 Å². The lowest BCUT2D eigenvalue weighted by molar-refractivity contribution is 0.0994. The van der Waals surface area contributed by atoms with Gasteiger partial charge < -0.3 is 10.1 Å². The van der Waals surface area contributed by atoms with E-state index in [2.05, 4.69) is 21.7 Å². The summed E-state index contributed by atoms with van der Waals surface area (Å²) < 4.78 is 24.3. The first-order chi connectivity index (χ1) is 14.9. The summed E-state index contributed by atoms with van der Waals surface area (Å²) in [7, 11) is -3.55. The minimum atomic E-state index is -3.55. The van der Waals surface area contributed by atoms with Crippen LogP contribution >= 0.6 is 0 Å². The van der Waals surface area contributed by atoms with Crippen LogP contribution in [-0.2, 0) is 35.7 Å². The maximum Gasteiger partial charge on any atom is 0.354 e. The van der Waals surface area contributed by atoms with Gasteiger partial charge in [0.15, 0.2) is 15.7 Å². The predicted molar refractivity (Wildman–Crippen MR) is 115 cm³/mol. The first-order valence-corrected chi connectivity index (χ1v) is 12.2. The summed E-state index contributed by atoms with van der Waals surface area (Å²) in [5.74, 6) is 0.717. The van der Waals surface area contributed by atoms with Crippen molar-refractivity contribution in [3.63, 3.8) is 0 Å². The number of carbonyl (C=O) groups is 2. The van der Waals surface area contributed by atoms with Gasteiger partial charge in [0.25, 0.3) is 0 Å². The van der Waals surface area contributed by atoms with Crippen LogP contribution in [0.25, 0.3) is 0 Å². The SMILES string of the molecule is CCC1COc2c(S(N)(=O)=NC(=O)Nc3c4c(cc5c3CCC5=O)CCC4)cnn2C1. The number of benzene rings is 1. The third kappa shape index (κ3) is 3.43. The van der Waals surface area contributed by atoms with Crippen LogP contribution in [0, 0.1) is 5.92 Å². The number of aromatic nitrogens is 2. The zero-order chi connectivity index (χ0) is 21.8.